The number of phenolic OH excluding ortho intramolecular Hbond substituents is 1. The van der Waals surface area contributed by atoms with Crippen LogP contribution in [0.2, 0.25) is 0 Å². The van der Waals surface area contributed by atoms with E-state index < -0.39 is 0 Å². The standard InChI is InChI=1S/C19H24N2O3/c1-21(2)18(15-5-4-6-17(12-15)24-3)13-20-19(23)11-14-7-9-16(22)10-8-14/h4-10,12,18,22H,11,13H2,1-3H3,(H,20,23). The molecule has 2 aromatic carbocycles. The zero-order valence-electron chi connectivity index (χ0n) is 14.3. The van der Waals surface area contributed by atoms with Crippen molar-refractivity contribution in [3.05, 3.63) is 59.7 Å². The third-order valence-electron chi connectivity index (χ3n) is 3.90. The van der Waals surface area contributed by atoms with Gasteiger partial charge in [-0.2, -0.15) is 0 Å². The number of rotatable bonds is 7. The molecule has 0 aliphatic heterocycles. The number of nitrogens with zero attached hydrogens (tertiary/aromatic N) is 1. The molecule has 0 fully saturated rings. The summed E-state index contributed by atoms with van der Waals surface area (Å²) >= 11 is 0. The Morgan fingerprint density at radius 3 is 2.54 bits per heavy atom. The molecule has 0 saturated carbocycles. The summed E-state index contributed by atoms with van der Waals surface area (Å²) in [6, 6.07) is 14.6. The summed E-state index contributed by atoms with van der Waals surface area (Å²) in [5, 5.41) is 12.3. The Morgan fingerprint density at radius 1 is 1.21 bits per heavy atom. The van der Waals surface area contributed by atoms with Gasteiger partial charge in [-0.1, -0.05) is 24.3 Å². The first-order chi connectivity index (χ1) is 11.5. The molecule has 1 atom stereocenters. The van der Waals surface area contributed by atoms with Gasteiger partial charge in [-0.25, -0.2) is 0 Å². The number of benzene rings is 2. The van der Waals surface area contributed by atoms with E-state index in [2.05, 4.69) is 10.2 Å². The third-order valence-corrected chi connectivity index (χ3v) is 3.90. The molecule has 0 radical (unpaired) electrons. The van der Waals surface area contributed by atoms with E-state index in [0.29, 0.717) is 13.0 Å². The smallest absolute Gasteiger partial charge is 0.224 e. The molecule has 2 aromatic rings. The van der Waals surface area contributed by atoms with Crippen molar-refractivity contribution in [1.82, 2.24) is 10.2 Å². The van der Waals surface area contributed by atoms with Crippen LogP contribution < -0.4 is 10.1 Å². The van der Waals surface area contributed by atoms with Crippen LogP contribution in [0.4, 0.5) is 0 Å². The monoisotopic (exact) mass is 328 g/mol. The van der Waals surface area contributed by atoms with E-state index in [4.69, 9.17) is 4.74 Å². The van der Waals surface area contributed by atoms with Crippen LogP contribution in [0.25, 0.3) is 0 Å². The lowest BCUT2D eigenvalue weighted by molar-refractivity contribution is -0.120. The minimum atomic E-state index is -0.0459. The van der Waals surface area contributed by atoms with Gasteiger partial charge in [0.2, 0.25) is 5.91 Å². The number of methoxy groups -OCH3 is 1. The topological polar surface area (TPSA) is 61.8 Å². The van der Waals surface area contributed by atoms with Gasteiger partial charge in [0.05, 0.1) is 19.6 Å². The van der Waals surface area contributed by atoms with Gasteiger partial charge in [-0.05, 0) is 49.5 Å². The Bertz CT molecular complexity index is 669. The van der Waals surface area contributed by atoms with Crippen LogP contribution in [0.15, 0.2) is 48.5 Å². The van der Waals surface area contributed by atoms with E-state index in [1.165, 1.54) is 0 Å². The van der Waals surface area contributed by atoms with E-state index in [1.807, 2.05) is 38.4 Å². The number of likely N-dealkylation sites (N-methyl/N-ethyl adjacent to an activating group) is 1. The molecule has 0 aliphatic rings. The first-order valence-electron chi connectivity index (χ1n) is 7.84. The highest BCUT2D eigenvalue weighted by molar-refractivity contribution is 5.78. The number of carbonyl (C=O) groups excluding carboxylic acids is 1. The molecular weight excluding hydrogens is 304 g/mol. The first kappa shape index (κ1) is 17.8. The SMILES string of the molecule is COc1cccc(C(CNC(=O)Cc2ccc(O)cc2)N(C)C)c1. The predicted octanol–water partition coefficient (Wildman–Crippen LogP) is 2.36. The summed E-state index contributed by atoms with van der Waals surface area (Å²) in [7, 11) is 5.61. The van der Waals surface area contributed by atoms with Crippen LogP contribution in [-0.4, -0.2) is 43.7 Å². The Kier molecular flexibility index (Phi) is 6.21. The second kappa shape index (κ2) is 8.36. The van der Waals surface area contributed by atoms with E-state index >= 15 is 0 Å². The van der Waals surface area contributed by atoms with Gasteiger partial charge in [0.15, 0.2) is 0 Å². The minimum absolute atomic E-state index is 0.0459. The molecule has 128 valence electrons. The fourth-order valence-corrected chi connectivity index (χ4v) is 2.52. The molecule has 0 aliphatic carbocycles. The molecule has 0 saturated heterocycles. The largest absolute Gasteiger partial charge is 0.508 e. The quantitative estimate of drug-likeness (QED) is 0.819. The van der Waals surface area contributed by atoms with E-state index in [9.17, 15) is 9.90 Å². The van der Waals surface area contributed by atoms with E-state index in [0.717, 1.165) is 16.9 Å². The average molecular weight is 328 g/mol. The molecule has 0 aromatic heterocycles. The Morgan fingerprint density at radius 2 is 1.92 bits per heavy atom. The minimum Gasteiger partial charge on any atom is -0.508 e. The highest BCUT2D eigenvalue weighted by Crippen LogP contribution is 2.22. The van der Waals surface area contributed by atoms with Crippen LogP contribution in [0.3, 0.4) is 0 Å². The summed E-state index contributed by atoms with van der Waals surface area (Å²) in [4.78, 5) is 14.2. The molecule has 0 heterocycles. The number of amides is 1. The van der Waals surface area contributed by atoms with Crippen LogP contribution in [0, 0.1) is 0 Å². The lowest BCUT2D eigenvalue weighted by atomic mass is 10.1. The zero-order chi connectivity index (χ0) is 17.5. The second-order valence-electron chi connectivity index (χ2n) is 5.90. The summed E-state index contributed by atoms with van der Waals surface area (Å²) in [5.74, 6) is 0.954. The number of phenols is 1. The molecule has 1 amide bonds. The summed E-state index contributed by atoms with van der Waals surface area (Å²) in [6.07, 6.45) is 0.290. The van der Waals surface area contributed by atoms with Crippen molar-refractivity contribution in [2.75, 3.05) is 27.7 Å². The number of carbonyl (C=O) groups is 1. The normalized spacial score (nSPS) is 12.0. The number of aromatic hydroxyl groups is 1. The number of hydrogen-bond acceptors (Lipinski definition) is 4. The Hall–Kier alpha value is -2.53. The summed E-state index contributed by atoms with van der Waals surface area (Å²) in [6.45, 7) is 0.511. The zero-order valence-corrected chi connectivity index (χ0v) is 14.3. The van der Waals surface area contributed by atoms with Crippen molar-refractivity contribution in [2.24, 2.45) is 0 Å². The average Bonchev–Trinajstić information content (AvgIpc) is 2.57. The molecule has 5 nitrogen and oxygen atoms in total. The number of nitrogens with one attached hydrogen (secondary N) is 1. The Balaban J connectivity index is 1.98. The lowest BCUT2D eigenvalue weighted by Crippen LogP contribution is -2.35. The van der Waals surface area contributed by atoms with E-state index in [-0.39, 0.29) is 17.7 Å². The van der Waals surface area contributed by atoms with Crippen LogP contribution in [0.1, 0.15) is 17.2 Å². The molecule has 2 rings (SSSR count). The summed E-state index contributed by atoms with van der Waals surface area (Å²) in [5.41, 5.74) is 1.96. The summed E-state index contributed by atoms with van der Waals surface area (Å²) < 4.78 is 5.27. The van der Waals surface area contributed by atoms with Crippen LogP contribution in [-0.2, 0) is 11.2 Å². The van der Waals surface area contributed by atoms with Gasteiger partial charge < -0.3 is 20.1 Å². The molecule has 2 N–H and O–H groups in total. The van der Waals surface area contributed by atoms with Gasteiger partial charge in [0.1, 0.15) is 11.5 Å². The molecule has 0 bridgehead atoms. The third kappa shape index (κ3) is 4.99. The van der Waals surface area contributed by atoms with Crippen molar-refractivity contribution in [3.63, 3.8) is 0 Å². The van der Waals surface area contributed by atoms with Crippen LogP contribution in [0.5, 0.6) is 11.5 Å². The molecule has 24 heavy (non-hydrogen) atoms. The fraction of sp³-hybridized carbons (Fsp3) is 0.316. The molecule has 5 heteroatoms. The highest BCUT2D eigenvalue weighted by Gasteiger charge is 2.16. The maximum atomic E-state index is 12.2. The van der Waals surface area contributed by atoms with Gasteiger partial charge >= 0.3 is 0 Å². The Labute approximate surface area is 142 Å². The second-order valence-corrected chi connectivity index (χ2v) is 5.90. The van der Waals surface area contributed by atoms with Crippen molar-refractivity contribution in [2.45, 2.75) is 12.5 Å². The van der Waals surface area contributed by atoms with Crippen LogP contribution >= 0.6 is 0 Å². The lowest BCUT2D eigenvalue weighted by Gasteiger charge is -2.25. The first-order valence-corrected chi connectivity index (χ1v) is 7.84. The highest BCUT2D eigenvalue weighted by atomic mass is 16.5. The predicted molar refractivity (Wildman–Crippen MR) is 94.2 cm³/mol. The molecular formula is C19H24N2O3. The van der Waals surface area contributed by atoms with Gasteiger partial charge in [-0.3, -0.25) is 4.79 Å². The van der Waals surface area contributed by atoms with Crippen molar-refractivity contribution < 1.29 is 14.6 Å². The van der Waals surface area contributed by atoms with Crippen molar-refractivity contribution >= 4 is 5.91 Å². The fourth-order valence-electron chi connectivity index (χ4n) is 2.52. The number of ether oxygens (including phenoxy) is 1. The molecule has 1 unspecified atom stereocenters. The maximum absolute atomic E-state index is 12.2. The van der Waals surface area contributed by atoms with Gasteiger partial charge in [0, 0.05) is 6.54 Å². The van der Waals surface area contributed by atoms with Gasteiger partial charge in [-0.15, -0.1) is 0 Å². The van der Waals surface area contributed by atoms with Crippen molar-refractivity contribution in [1.29, 1.82) is 0 Å². The van der Waals surface area contributed by atoms with Gasteiger partial charge in [0.25, 0.3) is 0 Å². The molecule has 0 spiro atoms. The number of hydrogen-bond donors (Lipinski definition) is 2. The van der Waals surface area contributed by atoms with E-state index in [1.54, 1.807) is 31.4 Å². The maximum Gasteiger partial charge on any atom is 0.224 e. The van der Waals surface area contributed by atoms with Crippen molar-refractivity contribution in [3.8, 4) is 11.5 Å².